The molecule has 0 saturated carbocycles. The van der Waals surface area contributed by atoms with E-state index in [0.717, 1.165) is 10.4 Å². The Balaban J connectivity index is 2.30. The first kappa shape index (κ1) is 17.4. The van der Waals surface area contributed by atoms with Gasteiger partial charge in [0.05, 0.1) is 17.8 Å². The highest BCUT2D eigenvalue weighted by molar-refractivity contribution is 7.17. The van der Waals surface area contributed by atoms with Crippen molar-refractivity contribution >= 4 is 34.1 Å². The highest BCUT2D eigenvalue weighted by atomic mass is 32.1. The average Bonchev–Trinajstić information content (AvgIpc) is 2.73. The van der Waals surface area contributed by atoms with Crippen LogP contribution in [0, 0.1) is 0 Å². The van der Waals surface area contributed by atoms with Gasteiger partial charge in [-0.25, -0.2) is 0 Å². The second-order valence-electron chi connectivity index (χ2n) is 6.38. The van der Waals surface area contributed by atoms with Crippen molar-refractivity contribution < 1.29 is 19.1 Å². The van der Waals surface area contributed by atoms with Crippen molar-refractivity contribution in [2.24, 2.45) is 5.73 Å². The molecule has 2 rings (SSSR count). The fourth-order valence-corrected chi connectivity index (χ4v) is 3.52. The third-order valence-electron chi connectivity index (χ3n) is 3.39. The molecule has 7 nitrogen and oxygen atoms in total. The average molecular weight is 339 g/mol. The summed E-state index contributed by atoms with van der Waals surface area (Å²) in [6.07, 6.45) is 0.519. The molecule has 1 aromatic heterocycles. The summed E-state index contributed by atoms with van der Waals surface area (Å²) in [6.45, 7) is 7.70. The number of hydrogen-bond donors (Lipinski definition) is 3. The number of primary amides is 1. The molecule has 0 saturated heterocycles. The number of ether oxygens (including phenoxy) is 1. The third-order valence-corrected chi connectivity index (χ3v) is 4.51. The van der Waals surface area contributed by atoms with Gasteiger partial charge in [0.2, 0.25) is 0 Å². The molecule has 1 aromatic rings. The second-order valence-corrected chi connectivity index (χ2v) is 7.48. The number of anilines is 1. The Labute approximate surface area is 138 Å². The molecule has 3 amide bonds. The van der Waals surface area contributed by atoms with Crippen LogP contribution in [-0.2, 0) is 27.4 Å². The van der Waals surface area contributed by atoms with E-state index < -0.39 is 23.3 Å². The van der Waals surface area contributed by atoms with Crippen LogP contribution in [0.4, 0.5) is 5.00 Å². The van der Waals surface area contributed by atoms with Gasteiger partial charge in [-0.1, -0.05) is 0 Å². The zero-order valence-corrected chi connectivity index (χ0v) is 14.4. The topological polar surface area (TPSA) is 111 Å². The number of carbonyl (C=O) groups excluding carboxylic acids is 3. The van der Waals surface area contributed by atoms with Crippen molar-refractivity contribution in [3.63, 3.8) is 0 Å². The quantitative estimate of drug-likeness (QED) is 0.718. The molecule has 0 radical (unpaired) electrons. The number of carbonyl (C=O) groups is 3. The molecular formula is C15H21N3O4S. The molecule has 0 bridgehead atoms. The molecule has 0 unspecified atom stereocenters. The highest BCUT2D eigenvalue weighted by Gasteiger charge is 2.33. The SMILES string of the molecule is CC(C)NC(=O)C(=O)Nc1sc2c(c1C(N)=O)CC(C)(C)OC2. The van der Waals surface area contributed by atoms with Gasteiger partial charge in [0.1, 0.15) is 5.00 Å². The molecule has 0 spiro atoms. The highest BCUT2D eigenvalue weighted by Crippen LogP contribution is 2.40. The Morgan fingerprint density at radius 1 is 1.26 bits per heavy atom. The van der Waals surface area contributed by atoms with Crippen LogP contribution < -0.4 is 16.4 Å². The van der Waals surface area contributed by atoms with Gasteiger partial charge in [-0.2, -0.15) is 0 Å². The molecule has 8 heteroatoms. The summed E-state index contributed by atoms with van der Waals surface area (Å²) >= 11 is 1.22. The van der Waals surface area contributed by atoms with E-state index in [2.05, 4.69) is 10.6 Å². The van der Waals surface area contributed by atoms with Crippen LogP contribution in [0.5, 0.6) is 0 Å². The summed E-state index contributed by atoms with van der Waals surface area (Å²) in [6, 6.07) is -0.158. The first-order valence-corrected chi connectivity index (χ1v) is 8.12. The van der Waals surface area contributed by atoms with Gasteiger partial charge >= 0.3 is 11.8 Å². The van der Waals surface area contributed by atoms with Crippen molar-refractivity contribution in [1.82, 2.24) is 5.32 Å². The molecule has 0 aromatic carbocycles. The van der Waals surface area contributed by atoms with Gasteiger partial charge < -0.3 is 21.1 Å². The van der Waals surface area contributed by atoms with Crippen LogP contribution in [0.15, 0.2) is 0 Å². The Kier molecular flexibility index (Phi) is 4.76. The van der Waals surface area contributed by atoms with Gasteiger partial charge in [0, 0.05) is 17.3 Å². The summed E-state index contributed by atoms with van der Waals surface area (Å²) in [5, 5.41) is 5.29. The predicted molar refractivity (Wildman–Crippen MR) is 87.3 cm³/mol. The second kappa shape index (κ2) is 6.29. The molecule has 4 N–H and O–H groups in total. The fourth-order valence-electron chi connectivity index (χ4n) is 2.39. The first-order chi connectivity index (χ1) is 10.6. The van der Waals surface area contributed by atoms with Crippen LogP contribution >= 0.6 is 11.3 Å². The molecule has 1 aliphatic rings. The number of hydrogen-bond acceptors (Lipinski definition) is 5. The lowest BCUT2D eigenvalue weighted by atomic mass is 9.93. The Morgan fingerprint density at radius 3 is 2.48 bits per heavy atom. The van der Waals surface area contributed by atoms with Gasteiger partial charge in [-0.3, -0.25) is 14.4 Å². The van der Waals surface area contributed by atoms with E-state index in [0.29, 0.717) is 18.0 Å². The fraction of sp³-hybridized carbons (Fsp3) is 0.533. The maximum absolute atomic E-state index is 12.0. The Morgan fingerprint density at radius 2 is 1.91 bits per heavy atom. The molecule has 2 heterocycles. The predicted octanol–water partition coefficient (Wildman–Crippen LogP) is 1.16. The summed E-state index contributed by atoms with van der Waals surface area (Å²) in [5.41, 5.74) is 6.13. The Bertz CT molecular complexity index is 664. The number of thiophene rings is 1. The minimum absolute atomic E-state index is 0.158. The molecule has 0 fully saturated rings. The largest absolute Gasteiger partial charge is 0.370 e. The molecule has 126 valence electrons. The van der Waals surface area contributed by atoms with Gasteiger partial charge in [0.15, 0.2) is 0 Å². The lowest BCUT2D eigenvalue weighted by Gasteiger charge is -2.30. The number of amides is 3. The van der Waals surface area contributed by atoms with Crippen LogP contribution in [0.2, 0.25) is 0 Å². The van der Waals surface area contributed by atoms with Gasteiger partial charge in [-0.15, -0.1) is 11.3 Å². The number of fused-ring (bicyclic) bond motifs is 1. The maximum atomic E-state index is 12.0. The van der Waals surface area contributed by atoms with Crippen LogP contribution in [0.25, 0.3) is 0 Å². The number of nitrogens with two attached hydrogens (primary N) is 1. The van der Waals surface area contributed by atoms with Crippen molar-refractivity contribution in [2.45, 2.75) is 52.4 Å². The van der Waals surface area contributed by atoms with E-state index >= 15 is 0 Å². The van der Waals surface area contributed by atoms with E-state index in [1.165, 1.54) is 11.3 Å². The van der Waals surface area contributed by atoms with E-state index in [1.807, 2.05) is 13.8 Å². The summed E-state index contributed by atoms with van der Waals surface area (Å²) < 4.78 is 5.71. The molecule has 23 heavy (non-hydrogen) atoms. The van der Waals surface area contributed by atoms with Crippen molar-refractivity contribution in [3.8, 4) is 0 Å². The van der Waals surface area contributed by atoms with Gasteiger partial charge in [0.25, 0.3) is 5.91 Å². The summed E-state index contributed by atoms with van der Waals surface area (Å²) in [7, 11) is 0. The minimum Gasteiger partial charge on any atom is -0.370 e. The van der Waals surface area contributed by atoms with Crippen molar-refractivity contribution in [1.29, 1.82) is 0 Å². The minimum atomic E-state index is -0.819. The van der Waals surface area contributed by atoms with E-state index in [-0.39, 0.29) is 11.6 Å². The monoisotopic (exact) mass is 339 g/mol. The molecule has 0 atom stereocenters. The molecule has 1 aliphatic heterocycles. The number of rotatable bonds is 3. The summed E-state index contributed by atoms with van der Waals surface area (Å²) in [4.78, 5) is 36.4. The van der Waals surface area contributed by atoms with E-state index in [4.69, 9.17) is 10.5 Å². The normalized spacial score (nSPS) is 15.9. The Hall–Kier alpha value is -1.93. The lowest BCUT2D eigenvalue weighted by molar-refractivity contribution is -0.136. The zero-order chi connectivity index (χ0) is 17.4. The first-order valence-electron chi connectivity index (χ1n) is 7.31. The zero-order valence-electron chi connectivity index (χ0n) is 13.6. The molecular weight excluding hydrogens is 318 g/mol. The smallest absolute Gasteiger partial charge is 0.314 e. The third kappa shape index (κ3) is 3.89. The van der Waals surface area contributed by atoms with Crippen molar-refractivity contribution in [2.75, 3.05) is 5.32 Å². The standard InChI is InChI=1S/C15H21N3O4S/c1-7(2)17-12(20)13(21)18-14-10(11(16)19)8-5-15(3,4)22-6-9(8)23-14/h7H,5-6H2,1-4H3,(H2,16,19)(H,17,20)(H,18,21). The van der Waals surface area contributed by atoms with E-state index in [1.54, 1.807) is 13.8 Å². The summed E-state index contributed by atoms with van der Waals surface area (Å²) in [5.74, 6) is -2.20. The van der Waals surface area contributed by atoms with Crippen LogP contribution in [-0.4, -0.2) is 29.4 Å². The van der Waals surface area contributed by atoms with Crippen LogP contribution in [0.3, 0.4) is 0 Å². The van der Waals surface area contributed by atoms with Crippen LogP contribution in [0.1, 0.15) is 48.5 Å². The van der Waals surface area contributed by atoms with E-state index in [9.17, 15) is 14.4 Å². The molecule has 0 aliphatic carbocycles. The lowest BCUT2D eigenvalue weighted by Crippen LogP contribution is -2.39. The maximum Gasteiger partial charge on any atom is 0.314 e. The number of nitrogens with one attached hydrogen (secondary N) is 2. The van der Waals surface area contributed by atoms with Gasteiger partial charge in [-0.05, 0) is 33.3 Å². The van der Waals surface area contributed by atoms with Crippen molar-refractivity contribution in [3.05, 3.63) is 16.0 Å².